The molecular formula is C13H9ClFN3O2S. The van der Waals surface area contributed by atoms with Gasteiger partial charge in [0.1, 0.15) is 4.90 Å². The van der Waals surface area contributed by atoms with Gasteiger partial charge in [0.15, 0.2) is 5.82 Å². The zero-order valence-corrected chi connectivity index (χ0v) is 12.0. The molecule has 2 aromatic carbocycles. The molecule has 0 atom stereocenters. The Bertz CT molecular complexity index is 847. The van der Waals surface area contributed by atoms with Gasteiger partial charge in [-0.25, -0.2) is 12.8 Å². The van der Waals surface area contributed by atoms with Crippen molar-refractivity contribution in [2.45, 2.75) is 4.90 Å². The molecule has 0 aliphatic carbocycles. The quantitative estimate of drug-likeness (QED) is 0.848. The Morgan fingerprint density at radius 1 is 1.29 bits per heavy atom. The summed E-state index contributed by atoms with van der Waals surface area (Å²) < 4.78 is 40.2. The van der Waals surface area contributed by atoms with Gasteiger partial charge in [0.05, 0.1) is 28.0 Å². The predicted octanol–water partition coefficient (Wildman–Crippen LogP) is 2.73. The highest BCUT2D eigenvalue weighted by Gasteiger charge is 2.20. The molecule has 5 nitrogen and oxygen atoms in total. The van der Waals surface area contributed by atoms with Gasteiger partial charge >= 0.3 is 0 Å². The first-order valence-corrected chi connectivity index (χ1v) is 7.48. The van der Waals surface area contributed by atoms with Crippen LogP contribution >= 0.6 is 11.6 Å². The number of benzene rings is 2. The number of sulfonamides is 1. The molecule has 0 aliphatic heterocycles. The first-order valence-electron chi connectivity index (χ1n) is 5.61. The van der Waals surface area contributed by atoms with Gasteiger partial charge < -0.3 is 5.73 Å². The van der Waals surface area contributed by atoms with Crippen molar-refractivity contribution < 1.29 is 12.8 Å². The van der Waals surface area contributed by atoms with E-state index in [1.165, 1.54) is 36.4 Å². The number of halogens is 2. The average Bonchev–Trinajstić information content (AvgIpc) is 2.43. The maximum atomic E-state index is 13.7. The van der Waals surface area contributed by atoms with E-state index in [1.54, 1.807) is 0 Å². The van der Waals surface area contributed by atoms with E-state index in [4.69, 9.17) is 22.6 Å². The first-order chi connectivity index (χ1) is 9.85. The number of nitrogens with zero attached hydrogens (tertiary/aromatic N) is 1. The molecule has 0 heterocycles. The van der Waals surface area contributed by atoms with Crippen LogP contribution in [0.3, 0.4) is 0 Å². The summed E-state index contributed by atoms with van der Waals surface area (Å²) in [6, 6.07) is 9.49. The maximum Gasteiger partial charge on any atom is 0.264 e. The van der Waals surface area contributed by atoms with Crippen LogP contribution in [0.1, 0.15) is 5.56 Å². The lowest BCUT2D eigenvalue weighted by molar-refractivity contribution is 0.599. The molecule has 21 heavy (non-hydrogen) atoms. The molecule has 0 spiro atoms. The molecule has 0 radical (unpaired) electrons. The fourth-order valence-corrected chi connectivity index (χ4v) is 2.99. The largest absolute Gasteiger partial charge is 0.398 e. The topological polar surface area (TPSA) is 96.0 Å². The van der Waals surface area contributed by atoms with Crippen molar-refractivity contribution in [1.82, 2.24) is 0 Å². The van der Waals surface area contributed by atoms with Gasteiger partial charge in [0.25, 0.3) is 10.0 Å². The number of hydrogen-bond acceptors (Lipinski definition) is 4. The van der Waals surface area contributed by atoms with Crippen LogP contribution in [0.15, 0.2) is 41.3 Å². The van der Waals surface area contributed by atoms with Gasteiger partial charge in [0, 0.05) is 0 Å². The molecule has 0 saturated heterocycles. The molecule has 0 fully saturated rings. The lowest BCUT2D eigenvalue weighted by Crippen LogP contribution is -2.15. The van der Waals surface area contributed by atoms with E-state index in [1.807, 2.05) is 6.07 Å². The van der Waals surface area contributed by atoms with E-state index in [0.29, 0.717) is 0 Å². The van der Waals surface area contributed by atoms with Crippen LogP contribution in [0, 0.1) is 17.1 Å². The zero-order valence-electron chi connectivity index (χ0n) is 10.5. The second-order valence-electron chi connectivity index (χ2n) is 4.07. The molecule has 0 aliphatic rings. The average molecular weight is 326 g/mol. The summed E-state index contributed by atoms with van der Waals surface area (Å²) in [4.78, 5) is -0.249. The molecule has 0 bridgehead atoms. The third-order valence-electron chi connectivity index (χ3n) is 2.62. The molecule has 0 unspecified atom stereocenters. The lowest BCUT2D eigenvalue weighted by Gasteiger charge is -2.11. The van der Waals surface area contributed by atoms with Gasteiger partial charge in [-0.3, -0.25) is 4.72 Å². The van der Waals surface area contributed by atoms with Crippen molar-refractivity contribution in [2.24, 2.45) is 0 Å². The third-order valence-corrected chi connectivity index (χ3v) is 4.36. The second kappa shape index (κ2) is 5.60. The van der Waals surface area contributed by atoms with Crippen molar-refractivity contribution >= 4 is 33.0 Å². The SMILES string of the molecule is N#Cc1ccc(S(=O)(=O)Nc2cccc(Cl)c2F)c(N)c1. The van der Waals surface area contributed by atoms with Crippen molar-refractivity contribution in [2.75, 3.05) is 10.5 Å². The Morgan fingerprint density at radius 2 is 2.00 bits per heavy atom. The Labute approximate surface area is 125 Å². The monoisotopic (exact) mass is 325 g/mol. The third kappa shape index (κ3) is 3.07. The molecule has 0 amide bonds. The van der Waals surface area contributed by atoms with Crippen LogP contribution in [0.4, 0.5) is 15.8 Å². The summed E-state index contributed by atoms with van der Waals surface area (Å²) in [6.07, 6.45) is 0. The minimum absolute atomic E-state index is 0.107. The maximum absolute atomic E-state index is 13.7. The normalized spacial score (nSPS) is 10.9. The van der Waals surface area contributed by atoms with Gasteiger partial charge in [0.2, 0.25) is 0 Å². The van der Waals surface area contributed by atoms with E-state index in [-0.39, 0.29) is 26.9 Å². The van der Waals surface area contributed by atoms with Gasteiger partial charge in [-0.05, 0) is 30.3 Å². The lowest BCUT2D eigenvalue weighted by atomic mass is 10.2. The molecule has 2 aromatic rings. The van der Waals surface area contributed by atoms with E-state index >= 15 is 0 Å². The van der Waals surface area contributed by atoms with Gasteiger partial charge in [-0.15, -0.1) is 0 Å². The van der Waals surface area contributed by atoms with Crippen molar-refractivity contribution in [3.63, 3.8) is 0 Å². The molecular weight excluding hydrogens is 317 g/mol. The fraction of sp³-hybridized carbons (Fsp3) is 0. The van der Waals surface area contributed by atoms with Crippen molar-refractivity contribution in [1.29, 1.82) is 5.26 Å². The Balaban J connectivity index is 2.44. The van der Waals surface area contributed by atoms with E-state index in [2.05, 4.69) is 4.72 Å². The number of nitrogens with one attached hydrogen (secondary N) is 1. The smallest absolute Gasteiger partial charge is 0.264 e. The Kier molecular flexibility index (Phi) is 4.02. The Morgan fingerprint density at radius 3 is 2.62 bits per heavy atom. The van der Waals surface area contributed by atoms with E-state index in [0.717, 1.165) is 0 Å². The number of rotatable bonds is 3. The molecule has 2 rings (SSSR count). The van der Waals surface area contributed by atoms with Crippen LogP contribution in [0.25, 0.3) is 0 Å². The van der Waals surface area contributed by atoms with Crippen molar-refractivity contribution in [3.05, 3.63) is 52.8 Å². The summed E-state index contributed by atoms with van der Waals surface area (Å²) in [5.41, 5.74) is 5.44. The zero-order chi connectivity index (χ0) is 15.6. The number of nitrogens with two attached hydrogens (primary N) is 1. The number of hydrogen-bond donors (Lipinski definition) is 2. The first kappa shape index (κ1) is 15.1. The summed E-state index contributed by atoms with van der Waals surface area (Å²) in [6.45, 7) is 0. The minimum Gasteiger partial charge on any atom is -0.398 e. The van der Waals surface area contributed by atoms with Gasteiger partial charge in [-0.2, -0.15) is 5.26 Å². The molecule has 108 valence electrons. The number of nitriles is 1. The van der Waals surface area contributed by atoms with E-state index in [9.17, 15) is 12.8 Å². The van der Waals surface area contributed by atoms with Crippen molar-refractivity contribution in [3.8, 4) is 6.07 Å². The molecule has 0 saturated carbocycles. The predicted molar refractivity (Wildman–Crippen MR) is 77.8 cm³/mol. The fourth-order valence-electron chi connectivity index (χ4n) is 1.65. The van der Waals surface area contributed by atoms with Gasteiger partial charge in [-0.1, -0.05) is 17.7 Å². The summed E-state index contributed by atoms with van der Waals surface area (Å²) >= 11 is 5.59. The highest BCUT2D eigenvalue weighted by molar-refractivity contribution is 7.92. The standard InChI is InChI=1S/C13H9ClFN3O2S/c14-9-2-1-3-11(13(9)15)18-21(19,20)12-5-4-8(7-16)6-10(12)17/h1-6,18H,17H2. The second-order valence-corrected chi connectivity index (χ2v) is 6.13. The van der Waals surface area contributed by atoms with Crippen LogP contribution in [0.5, 0.6) is 0 Å². The number of anilines is 2. The molecule has 0 aromatic heterocycles. The highest BCUT2D eigenvalue weighted by atomic mass is 35.5. The summed E-state index contributed by atoms with van der Waals surface area (Å²) in [5, 5.41) is 8.52. The van der Waals surface area contributed by atoms with Crippen LogP contribution in [-0.4, -0.2) is 8.42 Å². The van der Waals surface area contributed by atoms with Crippen LogP contribution in [0.2, 0.25) is 5.02 Å². The van der Waals surface area contributed by atoms with Crippen LogP contribution < -0.4 is 10.5 Å². The van der Waals surface area contributed by atoms with E-state index < -0.39 is 15.8 Å². The Hall–Kier alpha value is -2.30. The van der Waals surface area contributed by atoms with Crippen LogP contribution in [-0.2, 0) is 10.0 Å². The summed E-state index contributed by atoms with van der Waals surface area (Å²) in [5.74, 6) is -0.880. The molecule has 8 heteroatoms. The molecule has 3 N–H and O–H groups in total. The summed E-state index contributed by atoms with van der Waals surface area (Å²) in [7, 11) is -4.09. The number of nitrogen functional groups attached to an aromatic ring is 1. The highest BCUT2D eigenvalue weighted by Crippen LogP contribution is 2.26. The minimum atomic E-state index is -4.09.